The molecule has 10 nitrogen and oxygen atoms in total. The van der Waals surface area contributed by atoms with Crippen LogP contribution in [0.25, 0.3) is 11.1 Å². The quantitative estimate of drug-likeness (QED) is 0.387. The maximum atomic E-state index is 11.3. The summed E-state index contributed by atoms with van der Waals surface area (Å²) in [6.07, 6.45) is -3.24. The van der Waals surface area contributed by atoms with Gasteiger partial charge < -0.3 is 24.8 Å². The van der Waals surface area contributed by atoms with Crippen molar-refractivity contribution in [3.63, 3.8) is 0 Å². The Kier molecular flexibility index (Phi) is 5.63. The third-order valence-corrected chi connectivity index (χ3v) is 5.13. The molecule has 0 spiro atoms. The number of rotatable bonds is 4. The highest BCUT2D eigenvalue weighted by Gasteiger charge is 2.50. The minimum absolute atomic E-state index is 0.0501. The van der Waals surface area contributed by atoms with Crippen LogP contribution in [-0.2, 0) is 14.9 Å². The average molecular weight is 419 g/mol. The lowest BCUT2D eigenvalue weighted by molar-refractivity contribution is -0.254. The second-order valence-corrected chi connectivity index (χ2v) is 7.58. The van der Waals surface area contributed by atoms with Crippen LogP contribution in [0.15, 0.2) is 36.8 Å². The molecule has 4 N–H and O–H groups in total. The van der Waals surface area contributed by atoms with Crippen molar-refractivity contribution >= 4 is 21.7 Å². The number of halogens is 1. The van der Waals surface area contributed by atoms with Gasteiger partial charge in [0.15, 0.2) is 0 Å². The SMILES string of the molecule is O=S(=O)(O)C1O[C@@H](Oc2cncc(-c3cccnc3Cl)c2)[C@H](O)[C@@H](O)[C@@H]1O. The van der Waals surface area contributed by atoms with Gasteiger partial charge >= 0.3 is 0 Å². The Morgan fingerprint density at radius 1 is 1.15 bits per heavy atom. The molecule has 27 heavy (non-hydrogen) atoms. The van der Waals surface area contributed by atoms with Crippen molar-refractivity contribution < 1.29 is 37.8 Å². The monoisotopic (exact) mass is 418 g/mol. The standard InChI is InChI=1S/C15H15ClN2O8S/c16-13-9(2-1-3-18-13)7-4-8(6-17-5-7)25-14-11(20)10(19)12(21)15(26-14)27(22,23)24/h1-6,10-12,14-15,19-21H,(H,22,23,24)/t10-,11-,12+,14-,15?/m1/s1. The number of aromatic nitrogens is 2. The topological polar surface area (TPSA) is 159 Å². The van der Waals surface area contributed by atoms with Gasteiger partial charge in [-0.25, -0.2) is 4.98 Å². The van der Waals surface area contributed by atoms with Crippen LogP contribution < -0.4 is 4.74 Å². The van der Waals surface area contributed by atoms with Crippen LogP contribution >= 0.6 is 11.6 Å². The van der Waals surface area contributed by atoms with Crippen molar-refractivity contribution in [2.45, 2.75) is 30.0 Å². The molecule has 1 unspecified atom stereocenters. The molecule has 0 bridgehead atoms. The highest BCUT2D eigenvalue weighted by molar-refractivity contribution is 7.86. The van der Waals surface area contributed by atoms with Gasteiger partial charge in [-0.15, -0.1) is 0 Å². The van der Waals surface area contributed by atoms with Gasteiger partial charge in [-0.1, -0.05) is 11.6 Å². The number of aliphatic hydroxyl groups is 3. The number of hydrogen-bond acceptors (Lipinski definition) is 9. The normalized spacial score (nSPS) is 28.7. The van der Waals surface area contributed by atoms with E-state index in [4.69, 9.17) is 25.6 Å². The highest BCUT2D eigenvalue weighted by Crippen LogP contribution is 2.30. The molecule has 146 valence electrons. The lowest BCUT2D eigenvalue weighted by Gasteiger charge is -2.38. The first-order chi connectivity index (χ1) is 12.7. The number of hydrogen-bond donors (Lipinski definition) is 4. The summed E-state index contributed by atoms with van der Waals surface area (Å²) in [4.78, 5) is 7.91. The Morgan fingerprint density at radius 3 is 2.56 bits per heavy atom. The zero-order valence-electron chi connectivity index (χ0n) is 13.5. The second kappa shape index (κ2) is 7.64. The van der Waals surface area contributed by atoms with Gasteiger partial charge in [-0.2, -0.15) is 8.42 Å². The van der Waals surface area contributed by atoms with E-state index in [1.165, 1.54) is 24.7 Å². The fraction of sp³-hybridized carbons (Fsp3) is 0.333. The molecule has 0 amide bonds. The predicted molar refractivity (Wildman–Crippen MR) is 91.3 cm³/mol. The Labute approximate surface area is 158 Å². The molecule has 0 aliphatic carbocycles. The summed E-state index contributed by atoms with van der Waals surface area (Å²) in [6.45, 7) is 0. The molecule has 12 heteroatoms. The molecule has 2 aromatic rings. The fourth-order valence-electron chi connectivity index (χ4n) is 2.53. The van der Waals surface area contributed by atoms with Crippen LogP contribution in [0.4, 0.5) is 0 Å². The molecule has 0 radical (unpaired) electrons. The van der Waals surface area contributed by atoms with E-state index in [1.807, 2.05) is 0 Å². The van der Waals surface area contributed by atoms with Gasteiger partial charge in [0.05, 0.1) is 6.20 Å². The first-order valence-electron chi connectivity index (χ1n) is 7.57. The highest BCUT2D eigenvalue weighted by atomic mass is 35.5. The Hall–Kier alpha value is -1.86. The third kappa shape index (κ3) is 4.19. The van der Waals surface area contributed by atoms with E-state index in [1.54, 1.807) is 12.1 Å². The van der Waals surface area contributed by atoms with Crippen molar-refractivity contribution in [1.29, 1.82) is 0 Å². The molecule has 1 fully saturated rings. The third-order valence-electron chi connectivity index (χ3n) is 3.85. The minimum atomic E-state index is -4.88. The zero-order valence-corrected chi connectivity index (χ0v) is 15.0. The second-order valence-electron chi connectivity index (χ2n) is 5.73. The summed E-state index contributed by atoms with van der Waals surface area (Å²) >= 11 is 6.03. The molecule has 3 rings (SSSR count). The van der Waals surface area contributed by atoms with E-state index in [9.17, 15) is 23.7 Å². The van der Waals surface area contributed by atoms with Gasteiger partial charge in [-0.3, -0.25) is 9.54 Å². The molecular formula is C15H15ClN2O8S. The number of ether oxygens (including phenoxy) is 2. The van der Waals surface area contributed by atoms with Crippen LogP contribution in [0.3, 0.4) is 0 Å². The summed E-state index contributed by atoms with van der Waals surface area (Å²) in [5, 5.41) is 29.7. The summed E-state index contributed by atoms with van der Waals surface area (Å²) in [6, 6.07) is 4.83. The van der Waals surface area contributed by atoms with E-state index >= 15 is 0 Å². The predicted octanol–water partition coefficient (Wildman–Crippen LogP) is -0.171. The van der Waals surface area contributed by atoms with Gasteiger partial charge in [-0.05, 0) is 18.2 Å². The van der Waals surface area contributed by atoms with Gasteiger partial charge in [0.1, 0.15) is 29.2 Å². The van der Waals surface area contributed by atoms with Gasteiger partial charge in [0.2, 0.25) is 11.7 Å². The average Bonchev–Trinajstić information content (AvgIpc) is 2.62. The van der Waals surface area contributed by atoms with Crippen molar-refractivity contribution in [3.8, 4) is 16.9 Å². The molecule has 3 heterocycles. The maximum absolute atomic E-state index is 11.3. The van der Waals surface area contributed by atoms with Crippen LogP contribution in [0.1, 0.15) is 0 Å². The van der Waals surface area contributed by atoms with E-state index in [0.717, 1.165) is 0 Å². The largest absolute Gasteiger partial charge is 0.460 e. The smallest absolute Gasteiger partial charge is 0.295 e. The molecule has 2 aromatic heterocycles. The maximum Gasteiger partial charge on any atom is 0.295 e. The van der Waals surface area contributed by atoms with Gasteiger partial charge in [0.25, 0.3) is 10.1 Å². The molecule has 5 atom stereocenters. The van der Waals surface area contributed by atoms with Crippen molar-refractivity contribution in [3.05, 3.63) is 41.9 Å². The Morgan fingerprint density at radius 2 is 1.89 bits per heavy atom. The van der Waals surface area contributed by atoms with E-state index < -0.39 is 40.2 Å². The number of pyridine rings is 2. The molecule has 0 aromatic carbocycles. The molecular weight excluding hydrogens is 404 g/mol. The van der Waals surface area contributed by atoms with Gasteiger partial charge in [0, 0.05) is 23.5 Å². The molecule has 1 aliphatic rings. The summed E-state index contributed by atoms with van der Waals surface area (Å²) in [5.74, 6) is 0.0501. The lowest BCUT2D eigenvalue weighted by atomic mass is 10.1. The van der Waals surface area contributed by atoms with E-state index in [2.05, 4.69) is 9.97 Å². The van der Waals surface area contributed by atoms with Crippen LogP contribution in [0, 0.1) is 0 Å². The minimum Gasteiger partial charge on any atom is -0.460 e. The Bertz CT molecular complexity index is 928. The number of nitrogens with zero attached hydrogens (tertiary/aromatic N) is 2. The first kappa shape index (κ1) is 19.9. The summed E-state index contributed by atoms with van der Waals surface area (Å²) in [7, 11) is -4.88. The molecule has 0 saturated carbocycles. The molecule has 1 saturated heterocycles. The van der Waals surface area contributed by atoms with E-state index in [0.29, 0.717) is 11.1 Å². The zero-order chi connectivity index (χ0) is 19.8. The fourth-order valence-corrected chi connectivity index (χ4v) is 3.52. The van der Waals surface area contributed by atoms with Crippen molar-refractivity contribution in [1.82, 2.24) is 9.97 Å². The number of aliphatic hydroxyl groups excluding tert-OH is 3. The van der Waals surface area contributed by atoms with Crippen molar-refractivity contribution in [2.24, 2.45) is 0 Å². The first-order valence-corrected chi connectivity index (χ1v) is 9.45. The molecule has 1 aliphatic heterocycles. The van der Waals surface area contributed by atoms with Crippen molar-refractivity contribution in [2.75, 3.05) is 0 Å². The Balaban J connectivity index is 1.86. The summed E-state index contributed by atoms with van der Waals surface area (Å²) < 4.78 is 42.1. The lowest BCUT2D eigenvalue weighted by Crippen LogP contribution is -2.61. The van der Waals surface area contributed by atoms with Crippen LogP contribution in [-0.4, -0.2) is 68.3 Å². The van der Waals surface area contributed by atoms with E-state index in [-0.39, 0.29) is 10.9 Å². The van der Waals surface area contributed by atoms with Crippen LogP contribution in [0.5, 0.6) is 5.75 Å². The summed E-state index contributed by atoms with van der Waals surface area (Å²) in [5.41, 5.74) is -1.12. The van der Waals surface area contributed by atoms with Crippen LogP contribution in [0.2, 0.25) is 5.15 Å².